The van der Waals surface area contributed by atoms with Gasteiger partial charge in [-0.15, -0.1) is 0 Å². The molecule has 0 radical (unpaired) electrons. The van der Waals surface area contributed by atoms with Gasteiger partial charge in [0.25, 0.3) is 0 Å². The molecular formula is C45H27Cl2N. The molecule has 226 valence electrons. The van der Waals surface area contributed by atoms with Crippen LogP contribution < -0.4 is 0 Å². The molecule has 0 atom stereocenters. The molecule has 1 heterocycles. The highest BCUT2D eigenvalue weighted by Crippen LogP contribution is 2.59. The van der Waals surface area contributed by atoms with E-state index in [4.69, 9.17) is 23.2 Å². The minimum absolute atomic E-state index is 0.612. The van der Waals surface area contributed by atoms with Crippen molar-refractivity contribution in [3.05, 3.63) is 196 Å². The molecule has 10 rings (SSSR count). The average Bonchev–Trinajstić information content (AvgIpc) is 3.62. The summed E-state index contributed by atoms with van der Waals surface area (Å²) in [5.74, 6) is 0. The zero-order valence-electron chi connectivity index (χ0n) is 25.8. The van der Waals surface area contributed by atoms with E-state index in [1.165, 1.54) is 60.1 Å². The van der Waals surface area contributed by atoms with Crippen LogP contribution in [0.1, 0.15) is 22.3 Å². The number of fused-ring (bicyclic) bond motifs is 9. The molecule has 0 aliphatic heterocycles. The van der Waals surface area contributed by atoms with Crippen molar-refractivity contribution in [3.8, 4) is 16.8 Å². The van der Waals surface area contributed by atoms with E-state index in [1.807, 2.05) is 18.2 Å². The summed E-state index contributed by atoms with van der Waals surface area (Å²) in [5, 5.41) is 8.66. The van der Waals surface area contributed by atoms with Crippen molar-refractivity contribution in [1.82, 2.24) is 4.57 Å². The van der Waals surface area contributed by atoms with E-state index in [-0.39, 0.29) is 0 Å². The molecule has 0 fully saturated rings. The van der Waals surface area contributed by atoms with Crippen molar-refractivity contribution >= 4 is 66.6 Å². The molecule has 1 nitrogen and oxygen atoms in total. The zero-order valence-corrected chi connectivity index (χ0v) is 27.3. The van der Waals surface area contributed by atoms with Crippen LogP contribution in [0.3, 0.4) is 0 Å². The van der Waals surface area contributed by atoms with E-state index in [2.05, 4.69) is 150 Å². The Hall–Kier alpha value is -5.34. The van der Waals surface area contributed by atoms with E-state index in [0.717, 1.165) is 22.3 Å². The summed E-state index contributed by atoms with van der Waals surface area (Å²) < 4.78 is 2.35. The lowest BCUT2D eigenvalue weighted by Crippen LogP contribution is -2.28. The fraction of sp³-hybridized carbons (Fsp3) is 0.0222. The summed E-state index contributed by atoms with van der Waals surface area (Å²) in [5.41, 5.74) is 9.81. The Bertz CT molecular complexity index is 2690. The maximum absolute atomic E-state index is 7.01. The van der Waals surface area contributed by atoms with E-state index < -0.39 is 5.41 Å². The predicted octanol–water partition coefficient (Wildman–Crippen LogP) is 12.8. The van der Waals surface area contributed by atoms with E-state index in [0.29, 0.717) is 10.0 Å². The van der Waals surface area contributed by atoms with Crippen molar-refractivity contribution in [1.29, 1.82) is 0 Å². The number of rotatable bonds is 3. The summed E-state index contributed by atoms with van der Waals surface area (Å²) >= 11 is 13.9. The smallest absolute Gasteiger partial charge is 0.0714 e. The molecule has 9 aromatic rings. The van der Waals surface area contributed by atoms with Crippen LogP contribution in [0, 0.1) is 0 Å². The van der Waals surface area contributed by atoms with Crippen molar-refractivity contribution in [2.75, 3.05) is 0 Å². The average molecular weight is 653 g/mol. The van der Waals surface area contributed by atoms with Gasteiger partial charge in [-0.3, -0.25) is 0 Å². The SMILES string of the molecule is Clc1ccc2c(c1)-c1c(ccc3c4ccccc4n(-c4ccccc4Cl)c13)C2(c1ccc2ccccc2c1)c1ccc2ccccc2c1. The van der Waals surface area contributed by atoms with Crippen molar-refractivity contribution in [3.63, 3.8) is 0 Å². The molecule has 0 spiro atoms. The van der Waals surface area contributed by atoms with E-state index in [1.54, 1.807) is 0 Å². The third-order valence-electron chi connectivity index (χ3n) is 10.4. The topological polar surface area (TPSA) is 4.93 Å². The maximum atomic E-state index is 7.01. The summed E-state index contributed by atoms with van der Waals surface area (Å²) in [6.45, 7) is 0. The lowest BCUT2D eigenvalue weighted by molar-refractivity contribution is 0.772. The molecule has 1 aromatic heterocycles. The standard InChI is InChI=1S/C45H27Cl2N/c46-34-21-23-38-37(27-34)43-39(24-22-36-35-13-5-7-15-41(35)48(44(36)43)42-16-8-6-14-40(42)47)45(38,32-19-17-28-9-1-3-11-30(28)25-32)33-20-18-29-10-2-4-12-31(29)26-33/h1-27H. The molecule has 1 aliphatic rings. The third-order valence-corrected chi connectivity index (χ3v) is 10.9. The minimum atomic E-state index is -0.612. The van der Waals surface area contributed by atoms with Crippen LogP contribution in [0.4, 0.5) is 0 Å². The Kier molecular flexibility index (Phi) is 5.97. The van der Waals surface area contributed by atoms with Gasteiger partial charge in [-0.2, -0.15) is 0 Å². The van der Waals surface area contributed by atoms with Crippen LogP contribution in [0.15, 0.2) is 164 Å². The van der Waals surface area contributed by atoms with E-state index in [9.17, 15) is 0 Å². The van der Waals surface area contributed by atoms with Crippen LogP contribution in [0.25, 0.3) is 60.2 Å². The van der Waals surface area contributed by atoms with Crippen LogP contribution in [-0.4, -0.2) is 4.57 Å². The molecule has 0 amide bonds. The normalized spacial score (nSPS) is 13.4. The van der Waals surface area contributed by atoms with Crippen LogP contribution >= 0.6 is 23.2 Å². The molecular weight excluding hydrogens is 625 g/mol. The highest BCUT2D eigenvalue weighted by molar-refractivity contribution is 6.33. The number of aromatic nitrogens is 1. The molecule has 0 saturated heterocycles. The van der Waals surface area contributed by atoms with Gasteiger partial charge in [0.05, 0.1) is 27.2 Å². The number of benzene rings is 8. The lowest BCUT2D eigenvalue weighted by atomic mass is 9.67. The first-order chi connectivity index (χ1) is 23.6. The number of hydrogen-bond donors (Lipinski definition) is 0. The van der Waals surface area contributed by atoms with Gasteiger partial charge >= 0.3 is 0 Å². The molecule has 8 aromatic carbocycles. The molecule has 3 heteroatoms. The highest BCUT2D eigenvalue weighted by atomic mass is 35.5. The second-order valence-corrected chi connectivity index (χ2v) is 13.6. The second-order valence-electron chi connectivity index (χ2n) is 12.8. The predicted molar refractivity (Wildman–Crippen MR) is 203 cm³/mol. The molecule has 0 unspecified atom stereocenters. The summed E-state index contributed by atoms with van der Waals surface area (Å²) in [6, 6.07) is 59.1. The van der Waals surface area contributed by atoms with Crippen LogP contribution in [0.5, 0.6) is 0 Å². The lowest BCUT2D eigenvalue weighted by Gasteiger charge is -2.34. The first-order valence-corrected chi connectivity index (χ1v) is 17.0. The fourth-order valence-corrected chi connectivity index (χ4v) is 8.75. The third kappa shape index (κ3) is 3.75. The molecule has 48 heavy (non-hydrogen) atoms. The second kappa shape index (κ2) is 10.3. The van der Waals surface area contributed by atoms with Crippen molar-refractivity contribution in [2.24, 2.45) is 0 Å². The molecule has 0 bridgehead atoms. The largest absolute Gasteiger partial charge is 0.307 e. The summed E-state index contributed by atoms with van der Waals surface area (Å²) in [4.78, 5) is 0. The summed E-state index contributed by atoms with van der Waals surface area (Å²) in [6.07, 6.45) is 0. The van der Waals surface area contributed by atoms with Crippen molar-refractivity contribution < 1.29 is 0 Å². The highest BCUT2D eigenvalue weighted by Gasteiger charge is 2.47. The van der Waals surface area contributed by atoms with Crippen LogP contribution in [0.2, 0.25) is 10.0 Å². The van der Waals surface area contributed by atoms with Gasteiger partial charge in [0, 0.05) is 21.4 Å². The van der Waals surface area contributed by atoms with Gasteiger partial charge in [0.2, 0.25) is 0 Å². The maximum Gasteiger partial charge on any atom is 0.0714 e. The number of para-hydroxylation sites is 2. The number of hydrogen-bond acceptors (Lipinski definition) is 0. The monoisotopic (exact) mass is 651 g/mol. The fourth-order valence-electron chi connectivity index (χ4n) is 8.36. The zero-order chi connectivity index (χ0) is 32.0. The first kappa shape index (κ1) is 27.7. The Labute approximate surface area is 288 Å². The van der Waals surface area contributed by atoms with Gasteiger partial charge in [0.15, 0.2) is 0 Å². The molecule has 0 N–H and O–H groups in total. The Morgan fingerprint density at radius 1 is 0.458 bits per heavy atom. The number of nitrogens with zero attached hydrogens (tertiary/aromatic N) is 1. The Balaban J connectivity index is 1.43. The van der Waals surface area contributed by atoms with Gasteiger partial charge in [-0.1, -0.05) is 145 Å². The van der Waals surface area contributed by atoms with Gasteiger partial charge in [-0.25, -0.2) is 0 Å². The first-order valence-electron chi connectivity index (χ1n) is 16.2. The van der Waals surface area contributed by atoms with Crippen molar-refractivity contribution in [2.45, 2.75) is 5.41 Å². The van der Waals surface area contributed by atoms with Gasteiger partial charge in [0.1, 0.15) is 0 Å². The number of halogens is 2. The summed E-state index contributed by atoms with van der Waals surface area (Å²) in [7, 11) is 0. The van der Waals surface area contributed by atoms with Gasteiger partial charge in [-0.05, 0) is 91.8 Å². The Morgan fingerprint density at radius 2 is 1.06 bits per heavy atom. The van der Waals surface area contributed by atoms with Gasteiger partial charge < -0.3 is 4.57 Å². The quantitative estimate of drug-likeness (QED) is 0.179. The molecule has 0 saturated carbocycles. The van der Waals surface area contributed by atoms with E-state index >= 15 is 0 Å². The molecule has 1 aliphatic carbocycles. The Morgan fingerprint density at radius 3 is 1.77 bits per heavy atom. The van der Waals surface area contributed by atoms with Crippen LogP contribution in [-0.2, 0) is 5.41 Å². The minimum Gasteiger partial charge on any atom is -0.307 e.